The van der Waals surface area contributed by atoms with E-state index < -0.39 is 0 Å². The molecule has 3 rings (SSSR count). The molecule has 0 radical (unpaired) electrons. The van der Waals surface area contributed by atoms with Crippen molar-refractivity contribution in [2.75, 3.05) is 17.6 Å². The van der Waals surface area contributed by atoms with Gasteiger partial charge in [0.05, 0.1) is 5.75 Å². The fourth-order valence-electron chi connectivity index (χ4n) is 3.94. The average Bonchev–Trinajstić information content (AvgIpc) is 3.27. The number of carbonyl (C=O) groups excluding carboxylic acids is 1. The van der Waals surface area contributed by atoms with Crippen LogP contribution in [0.2, 0.25) is 0 Å². The Kier molecular flexibility index (Phi) is 5.58. The van der Waals surface area contributed by atoms with Crippen molar-refractivity contribution in [1.29, 1.82) is 0 Å². The summed E-state index contributed by atoms with van der Waals surface area (Å²) in [5, 5.41) is 15.2. The predicted molar refractivity (Wildman–Crippen MR) is 95.9 cm³/mol. The molecule has 1 heterocycles. The molecule has 5 nitrogen and oxygen atoms in total. The van der Waals surface area contributed by atoms with E-state index in [0.29, 0.717) is 18.2 Å². The van der Waals surface area contributed by atoms with Crippen LogP contribution in [0.5, 0.6) is 0 Å². The maximum atomic E-state index is 12.2. The molecule has 1 amide bonds. The van der Waals surface area contributed by atoms with Gasteiger partial charge in [-0.3, -0.25) is 4.79 Å². The number of fused-ring (bicyclic) bond motifs is 2. The third-order valence-electron chi connectivity index (χ3n) is 4.95. The zero-order valence-corrected chi connectivity index (χ0v) is 15.1. The summed E-state index contributed by atoms with van der Waals surface area (Å²) in [6.45, 7) is 6.48. The molecule has 2 N–H and O–H groups in total. The highest BCUT2D eigenvalue weighted by Gasteiger charge is 2.42. The first-order valence-corrected chi connectivity index (χ1v) is 10.1. The standard InChI is InChI=1S/C16H24N4OS2/c1-3-6-17-15-19-20-16(23-15)22-9-14(21)18-10(2)13-8-11-4-5-12(13)7-11/h3,10-13H,1,4-9H2,2H3,(H,17,19)(H,18,21). The lowest BCUT2D eigenvalue weighted by Gasteiger charge is -2.28. The van der Waals surface area contributed by atoms with E-state index in [9.17, 15) is 4.79 Å². The summed E-state index contributed by atoms with van der Waals surface area (Å²) >= 11 is 2.92. The van der Waals surface area contributed by atoms with E-state index in [1.54, 1.807) is 6.08 Å². The minimum Gasteiger partial charge on any atom is -0.357 e. The van der Waals surface area contributed by atoms with Crippen LogP contribution >= 0.6 is 23.1 Å². The van der Waals surface area contributed by atoms with Gasteiger partial charge in [0.15, 0.2) is 4.34 Å². The molecule has 2 aliphatic rings. The Balaban J connectivity index is 1.40. The molecule has 126 valence electrons. The second-order valence-corrected chi connectivity index (χ2v) is 8.73. The lowest BCUT2D eigenvalue weighted by molar-refractivity contribution is -0.119. The summed E-state index contributed by atoms with van der Waals surface area (Å²) in [4.78, 5) is 12.2. The minimum atomic E-state index is 0.0982. The van der Waals surface area contributed by atoms with Crippen molar-refractivity contribution >= 4 is 34.1 Å². The van der Waals surface area contributed by atoms with Crippen molar-refractivity contribution in [3.63, 3.8) is 0 Å². The Morgan fingerprint density at radius 3 is 3.04 bits per heavy atom. The van der Waals surface area contributed by atoms with Crippen molar-refractivity contribution in [3.05, 3.63) is 12.7 Å². The van der Waals surface area contributed by atoms with Gasteiger partial charge in [0.25, 0.3) is 0 Å². The van der Waals surface area contributed by atoms with Gasteiger partial charge in [-0.2, -0.15) is 0 Å². The van der Waals surface area contributed by atoms with Crippen LogP contribution < -0.4 is 10.6 Å². The molecular weight excluding hydrogens is 328 g/mol. The molecular formula is C16H24N4OS2. The van der Waals surface area contributed by atoms with Crippen molar-refractivity contribution in [2.24, 2.45) is 17.8 Å². The first kappa shape index (κ1) is 16.8. The average molecular weight is 353 g/mol. The van der Waals surface area contributed by atoms with Crippen LogP contribution in [0.15, 0.2) is 17.0 Å². The molecule has 2 saturated carbocycles. The first-order chi connectivity index (χ1) is 11.2. The second-order valence-electron chi connectivity index (χ2n) is 6.53. The fraction of sp³-hybridized carbons (Fsp3) is 0.688. The summed E-state index contributed by atoms with van der Waals surface area (Å²) in [6, 6.07) is 0.289. The van der Waals surface area contributed by atoms with Crippen molar-refractivity contribution in [1.82, 2.24) is 15.5 Å². The van der Waals surface area contributed by atoms with Gasteiger partial charge in [-0.1, -0.05) is 35.6 Å². The lowest BCUT2D eigenvalue weighted by Crippen LogP contribution is -2.40. The third kappa shape index (κ3) is 4.26. The largest absolute Gasteiger partial charge is 0.357 e. The quantitative estimate of drug-likeness (QED) is 0.556. The number of amides is 1. The number of hydrogen-bond acceptors (Lipinski definition) is 6. The van der Waals surface area contributed by atoms with Crippen LogP contribution in [0.25, 0.3) is 0 Å². The highest BCUT2D eigenvalue weighted by Crippen LogP contribution is 2.49. The molecule has 4 atom stereocenters. The van der Waals surface area contributed by atoms with E-state index in [1.807, 2.05) is 0 Å². The normalized spacial score (nSPS) is 26.9. The van der Waals surface area contributed by atoms with Gasteiger partial charge < -0.3 is 10.6 Å². The Hall–Kier alpha value is -1.08. The highest BCUT2D eigenvalue weighted by molar-refractivity contribution is 8.01. The van der Waals surface area contributed by atoms with Crippen LogP contribution in [0.4, 0.5) is 5.13 Å². The van der Waals surface area contributed by atoms with Crippen molar-refractivity contribution < 1.29 is 4.79 Å². The Bertz CT molecular complexity index is 562. The van der Waals surface area contributed by atoms with Crippen LogP contribution in [-0.2, 0) is 4.79 Å². The number of anilines is 1. The Morgan fingerprint density at radius 2 is 2.35 bits per heavy atom. The number of carbonyl (C=O) groups is 1. The topological polar surface area (TPSA) is 66.9 Å². The number of nitrogens with one attached hydrogen (secondary N) is 2. The molecule has 2 fully saturated rings. The monoisotopic (exact) mass is 352 g/mol. The summed E-state index contributed by atoms with van der Waals surface area (Å²) in [5.41, 5.74) is 0. The SMILES string of the molecule is C=CCNc1nnc(SCC(=O)NC(C)C2CC3CCC2C3)s1. The van der Waals surface area contributed by atoms with Gasteiger partial charge in [-0.25, -0.2) is 0 Å². The molecule has 1 aromatic heterocycles. The minimum absolute atomic E-state index is 0.0982. The maximum Gasteiger partial charge on any atom is 0.230 e. The van der Waals surface area contributed by atoms with Crippen LogP contribution in [-0.4, -0.2) is 34.4 Å². The van der Waals surface area contributed by atoms with Gasteiger partial charge in [-0.05, 0) is 43.9 Å². The van der Waals surface area contributed by atoms with Gasteiger partial charge in [0.2, 0.25) is 11.0 Å². The van der Waals surface area contributed by atoms with Crippen molar-refractivity contribution in [2.45, 2.75) is 43.0 Å². The summed E-state index contributed by atoms with van der Waals surface area (Å²) in [7, 11) is 0. The zero-order chi connectivity index (χ0) is 16.2. The number of nitrogens with zero attached hydrogens (tertiary/aromatic N) is 2. The van der Waals surface area contributed by atoms with Crippen molar-refractivity contribution in [3.8, 4) is 0 Å². The highest BCUT2D eigenvalue weighted by atomic mass is 32.2. The summed E-state index contributed by atoms with van der Waals surface area (Å²) < 4.78 is 0.819. The van der Waals surface area contributed by atoms with E-state index >= 15 is 0 Å². The molecule has 0 aliphatic heterocycles. The molecule has 2 bridgehead atoms. The van der Waals surface area contributed by atoms with E-state index in [-0.39, 0.29) is 11.9 Å². The lowest BCUT2D eigenvalue weighted by atomic mass is 9.84. The van der Waals surface area contributed by atoms with E-state index in [4.69, 9.17) is 0 Å². The summed E-state index contributed by atoms with van der Waals surface area (Å²) in [5.74, 6) is 2.94. The molecule has 4 unspecified atom stereocenters. The first-order valence-electron chi connectivity index (χ1n) is 8.26. The van der Waals surface area contributed by atoms with E-state index in [2.05, 4.69) is 34.3 Å². The van der Waals surface area contributed by atoms with Gasteiger partial charge in [0, 0.05) is 12.6 Å². The van der Waals surface area contributed by atoms with Gasteiger partial charge in [-0.15, -0.1) is 16.8 Å². The summed E-state index contributed by atoms with van der Waals surface area (Å²) in [6.07, 6.45) is 7.21. The second kappa shape index (κ2) is 7.66. The number of aromatic nitrogens is 2. The molecule has 0 spiro atoms. The van der Waals surface area contributed by atoms with E-state index in [0.717, 1.165) is 21.3 Å². The number of rotatable bonds is 8. The molecule has 0 saturated heterocycles. The third-order valence-corrected chi connectivity index (χ3v) is 6.97. The van der Waals surface area contributed by atoms with E-state index in [1.165, 1.54) is 48.8 Å². The Morgan fingerprint density at radius 1 is 1.48 bits per heavy atom. The molecule has 2 aliphatic carbocycles. The Labute approximate surface area is 145 Å². The van der Waals surface area contributed by atoms with Crippen LogP contribution in [0.3, 0.4) is 0 Å². The van der Waals surface area contributed by atoms with Gasteiger partial charge in [0.1, 0.15) is 0 Å². The fourth-order valence-corrected chi connectivity index (χ4v) is 5.51. The van der Waals surface area contributed by atoms with Crippen LogP contribution in [0, 0.1) is 17.8 Å². The molecule has 0 aromatic carbocycles. The smallest absolute Gasteiger partial charge is 0.230 e. The molecule has 7 heteroatoms. The number of hydrogen-bond donors (Lipinski definition) is 2. The predicted octanol–water partition coefficient (Wildman–Crippen LogP) is 3.17. The van der Waals surface area contributed by atoms with Gasteiger partial charge >= 0.3 is 0 Å². The van der Waals surface area contributed by atoms with Crippen LogP contribution in [0.1, 0.15) is 32.6 Å². The molecule has 23 heavy (non-hydrogen) atoms. The molecule has 1 aromatic rings. The zero-order valence-electron chi connectivity index (χ0n) is 13.5. The maximum absolute atomic E-state index is 12.2. The number of thioether (sulfide) groups is 1.